The molecule has 0 unspecified atom stereocenters. The van der Waals surface area contributed by atoms with Crippen LogP contribution in [-0.4, -0.2) is 14.3 Å². The van der Waals surface area contributed by atoms with E-state index in [2.05, 4.69) is 12.0 Å². The molecule has 86 valence electrons. The second-order valence-corrected chi connectivity index (χ2v) is 4.02. The van der Waals surface area contributed by atoms with E-state index in [0.29, 0.717) is 0 Å². The number of rotatable bonds is 7. The lowest BCUT2D eigenvalue weighted by Gasteiger charge is -2.00. The SMILES string of the molecule is CCCCCCCCn1ncn(C)c1=O. The molecule has 4 nitrogen and oxygen atoms in total. The van der Waals surface area contributed by atoms with E-state index in [1.165, 1.54) is 36.7 Å². The van der Waals surface area contributed by atoms with E-state index < -0.39 is 0 Å². The van der Waals surface area contributed by atoms with Crippen LogP contribution in [0.15, 0.2) is 11.1 Å². The lowest BCUT2D eigenvalue weighted by molar-refractivity contribution is 0.513. The van der Waals surface area contributed by atoms with E-state index in [0.717, 1.165) is 13.0 Å². The van der Waals surface area contributed by atoms with Crippen molar-refractivity contribution in [1.29, 1.82) is 0 Å². The van der Waals surface area contributed by atoms with Crippen molar-refractivity contribution in [3.05, 3.63) is 16.8 Å². The molecule has 0 aliphatic rings. The fourth-order valence-corrected chi connectivity index (χ4v) is 1.62. The molecule has 0 saturated carbocycles. The Bertz CT molecular complexity index is 327. The molecule has 1 aromatic heterocycles. The highest BCUT2D eigenvalue weighted by molar-refractivity contribution is 4.64. The minimum absolute atomic E-state index is 0.0106. The van der Waals surface area contributed by atoms with Gasteiger partial charge in [-0.1, -0.05) is 39.0 Å². The number of aryl methyl sites for hydroxylation is 2. The number of nitrogens with zero attached hydrogens (tertiary/aromatic N) is 3. The Morgan fingerprint density at radius 2 is 1.87 bits per heavy atom. The summed E-state index contributed by atoms with van der Waals surface area (Å²) in [4.78, 5) is 11.4. The first-order valence-corrected chi connectivity index (χ1v) is 5.84. The molecule has 0 fully saturated rings. The number of hydrogen-bond acceptors (Lipinski definition) is 2. The van der Waals surface area contributed by atoms with Gasteiger partial charge in [0.25, 0.3) is 0 Å². The van der Waals surface area contributed by atoms with E-state index in [1.807, 2.05) is 0 Å². The van der Waals surface area contributed by atoms with Crippen molar-refractivity contribution in [2.45, 2.75) is 52.0 Å². The molecule has 1 heterocycles. The molecule has 0 bridgehead atoms. The molecular weight excluding hydrogens is 190 g/mol. The average Bonchev–Trinajstić information content (AvgIpc) is 2.54. The molecule has 4 heteroatoms. The Morgan fingerprint density at radius 1 is 1.20 bits per heavy atom. The Kier molecular flexibility index (Phi) is 5.15. The van der Waals surface area contributed by atoms with Crippen molar-refractivity contribution in [3.8, 4) is 0 Å². The van der Waals surface area contributed by atoms with Gasteiger partial charge < -0.3 is 0 Å². The van der Waals surface area contributed by atoms with Gasteiger partial charge in [0.2, 0.25) is 0 Å². The van der Waals surface area contributed by atoms with Crippen molar-refractivity contribution in [2.24, 2.45) is 7.05 Å². The molecular formula is C11H21N3O. The predicted molar refractivity (Wildman–Crippen MR) is 60.8 cm³/mol. The molecule has 0 aromatic carbocycles. The normalized spacial score (nSPS) is 10.8. The van der Waals surface area contributed by atoms with Crippen LogP contribution < -0.4 is 5.69 Å². The van der Waals surface area contributed by atoms with Crippen LogP contribution in [0.5, 0.6) is 0 Å². The lowest BCUT2D eigenvalue weighted by Crippen LogP contribution is -2.22. The molecule has 0 aliphatic heterocycles. The van der Waals surface area contributed by atoms with Gasteiger partial charge >= 0.3 is 5.69 Å². The van der Waals surface area contributed by atoms with Gasteiger partial charge in [0, 0.05) is 13.6 Å². The highest BCUT2D eigenvalue weighted by Gasteiger charge is 1.99. The van der Waals surface area contributed by atoms with E-state index in [1.54, 1.807) is 18.1 Å². The third kappa shape index (κ3) is 3.90. The summed E-state index contributed by atoms with van der Waals surface area (Å²) in [6, 6.07) is 0. The predicted octanol–water partition coefficient (Wildman–Crippen LogP) is 1.94. The van der Waals surface area contributed by atoms with Crippen molar-refractivity contribution < 1.29 is 0 Å². The molecule has 0 atom stereocenters. The third-order valence-electron chi connectivity index (χ3n) is 2.61. The van der Waals surface area contributed by atoms with Gasteiger partial charge in [-0.3, -0.25) is 4.57 Å². The first kappa shape index (κ1) is 12.0. The molecule has 1 aromatic rings. The molecule has 0 aliphatic carbocycles. The molecule has 0 spiro atoms. The largest absolute Gasteiger partial charge is 0.345 e. The smallest absolute Gasteiger partial charge is 0.285 e. The number of aromatic nitrogens is 3. The number of hydrogen-bond donors (Lipinski definition) is 0. The van der Waals surface area contributed by atoms with E-state index >= 15 is 0 Å². The second-order valence-electron chi connectivity index (χ2n) is 4.02. The summed E-state index contributed by atoms with van der Waals surface area (Å²) >= 11 is 0. The summed E-state index contributed by atoms with van der Waals surface area (Å²) in [5.74, 6) is 0. The maximum absolute atomic E-state index is 11.4. The van der Waals surface area contributed by atoms with Gasteiger partial charge in [-0.15, -0.1) is 0 Å². The van der Waals surface area contributed by atoms with Crippen LogP contribution in [0.1, 0.15) is 45.4 Å². The summed E-state index contributed by atoms with van der Waals surface area (Å²) in [5.41, 5.74) is -0.0106. The monoisotopic (exact) mass is 211 g/mol. The van der Waals surface area contributed by atoms with E-state index in [-0.39, 0.29) is 5.69 Å². The fourth-order valence-electron chi connectivity index (χ4n) is 1.62. The summed E-state index contributed by atoms with van der Waals surface area (Å²) < 4.78 is 3.05. The van der Waals surface area contributed by atoms with E-state index in [9.17, 15) is 4.79 Å². The molecule has 0 saturated heterocycles. The summed E-state index contributed by atoms with van der Waals surface area (Å²) in [5, 5.41) is 4.02. The van der Waals surface area contributed by atoms with Crippen molar-refractivity contribution in [3.63, 3.8) is 0 Å². The van der Waals surface area contributed by atoms with Crippen LogP contribution in [0.2, 0.25) is 0 Å². The lowest BCUT2D eigenvalue weighted by atomic mass is 10.1. The van der Waals surface area contributed by atoms with Gasteiger partial charge in [-0.05, 0) is 6.42 Å². The van der Waals surface area contributed by atoms with Crippen LogP contribution in [0.25, 0.3) is 0 Å². The maximum atomic E-state index is 11.4. The molecule has 0 amide bonds. The topological polar surface area (TPSA) is 39.8 Å². The fraction of sp³-hybridized carbons (Fsp3) is 0.818. The zero-order valence-electron chi connectivity index (χ0n) is 9.78. The summed E-state index contributed by atoms with van der Waals surface area (Å²) in [7, 11) is 1.73. The maximum Gasteiger partial charge on any atom is 0.345 e. The Labute approximate surface area is 90.9 Å². The standard InChI is InChI=1S/C11H21N3O/c1-3-4-5-6-7-8-9-14-11(15)13(2)10-12-14/h10H,3-9H2,1-2H3. The first-order chi connectivity index (χ1) is 7.25. The minimum Gasteiger partial charge on any atom is -0.285 e. The van der Waals surface area contributed by atoms with Crippen LogP contribution in [0, 0.1) is 0 Å². The second kappa shape index (κ2) is 6.43. The van der Waals surface area contributed by atoms with Crippen molar-refractivity contribution in [2.75, 3.05) is 0 Å². The molecule has 0 N–H and O–H groups in total. The zero-order chi connectivity index (χ0) is 11.1. The third-order valence-corrected chi connectivity index (χ3v) is 2.61. The van der Waals surface area contributed by atoms with Crippen molar-refractivity contribution in [1.82, 2.24) is 14.3 Å². The van der Waals surface area contributed by atoms with Gasteiger partial charge in [0.1, 0.15) is 6.33 Å². The Balaban J connectivity index is 2.15. The summed E-state index contributed by atoms with van der Waals surface area (Å²) in [6.07, 6.45) is 9.01. The zero-order valence-corrected chi connectivity index (χ0v) is 9.78. The highest BCUT2D eigenvalue weighted by atomic mass is 16.2. The van der Waals surface area contributed by atoms with Crippen LogP contribution in [-0.2, 0) is 13.6 Å². The highest BCUT2D eigenvalue weighted by Crippen LogP contribution is 2.05. The van der Waals surface area contributed by atoms with Gasteiger partial charge in [-0.25, -0.2) is 9.48 Å². The van der Waals surface area contributed by atoms with Crippen LogP contribution in [0.3, 0.4) is 0 Å². The van der Waals surface area contributed by atoms with Crippen LogP contribution >= 0.6 is 0 Å². The molecule has 15 heavy (non-hydrogen) atoms. The Morgan fingerprint density at radius 3 is 2.47 bits per heavy atom. The average molecular weight is 211 g/mol. The Hall–Kier alpha value is -1.06. The number of unbranched alkanes of at least 4 members (excludes halogenated alkanes) is 5. The van der Waals surface area contributed by atoms with Gasteiger partial charge in [0.05, 0.1) is 0 Å². The molecule has 0 radical (unpaired) electrons. The van der Waals surface area contributed by atoms with Gasteiger partial charge in [0.15, 0.2) is 0 Å². The minimum atomic E-state index is -0.0106. The quantitative estimate of drug-likeness (QED) is 0.647. The van der Waals surface area contributed by atoms with Crippen LogP contribution in [0.4, 0.5) is 0 Å². The van der Waals surface area contributed by atoms with Crippen molar-refractivity contribution >= 4 is 0 Å². The first-order valence-electron chi connectivity index (χ1n) is 5.84. The summed E-state index contributed by atoms with van der Waals surface area (Å²) in [6.45, 7) is 2.97. The van der Waals surface area contributed by atoms with E-state index in [4.69, 9.17) is 0 Å². The molecule has 1 rings (SSSR count). The van der Waals surface area contributed by atoms with Gasteiger partial charge in [-0.2, -0.15) is 5.10 Å².